The second-order valence-corrected chi connectivity index (χ2v) is 38.3. The molecule has 5 heterocycles. The van der Waals surface area contributed by atoms with E-state index in [1.165, 1.54) is 102 Å². The number of aryl methyl sites for hydroxylation is 5. The highest BCUT2D eigenvalue weighted by molar-refractivity contribution is 6.45. The van der Waals surface area contributed by atoms with E-state index < -0.39 is 111 Å². The standard InChI is InChI=1S/C25H29F4N3O3.4C21H26FN3O3/c1-13-12-17(6-7-18(13)26)31-22(34)19-14(2)20(32(5)15(19)3)21(33)23(35)30-16-8-10-24(4,11-9-16)25(27,28)29;2*1-11(2)10-23-21(28)19(26)18-13(4)17(14(5)25(18)6)20(27)24-15-7-8-16(22)12(3)9-15;2*1-7-12(3)23-21(28)19(26)18-13(4)17(14(5)25(18)6)20(27)24-15-8-9-16(22)11(2)10-15/h6-7,12,16H,8-11H2,1-5H3,(H,30,35)(H,31,34);2*7-9,11H,10H2,1-6H3,(H,23,28)(H,24,27);2*8-10,12H,7H2,1-6H3,(H,23,28)(H,24,27)/t;;;2*12-/m...10/s1. The normalized spacial score (nSPS) is 13.5. The molecule has 0 spiro atoms. The summed E-state index contributed by atoms with van der Waals surface area (Å²) in [6.45, 7) is 41.7. The van der Waals surface area contributed by atoms with Gasteiger partial charge in [-0.05, 0) is 315 Å². The topological polar surface area (TPSA) is 401 Å². The highest BCUT2D eigenvalue weighted by atomic mass is 19.4. The van der Waals surface area contributed by atoms with Crippen LogP contribution in [0.2, 0.25) is 0 Å². The van der Waals surface area contributed by atoms with Gasteiger partial charge in [-0.25, -0.2) is 22.0 Å². The highest BCUT2D eigenvalue weighted by Gasteiger charge is 2.52. The second kappa shape index (κ2) is 50.2. The van der Waals surface area contributed by atoms with Crippen LogP contribution in [0.25, 0.3) is 0 Å². The molecule has 5 aromatic heterocycles. The number of carbonyl (C=O) groups is 15. The van der Waals surface area contributed by atoms with Crippen molar-refractivity contribution in [2.45, 2.75) is 229 Å². The van der Waals surface area contributed by atoms with Crippen molar-refractivity contribution in [1.29, 1.82) is 0 Å². The first-order chi connectivity index (χ1) is 68.4. The quantitative estimate of drug-likeness (QED) is 0.0118. The molecule has 2 atom stereocenters. The Hall–Kier alpha value is -15.0. The monoisotopic (exact) mass is 2040 g/mol. The van der Waals surface area contributed by atoms with Crippen molar-refractivity contribution in [3.63, 3.8) is 0 Å². The smallest absolute Gasteiger partial charge is 0.349 e. The summed E-state index contributed by atoms with van der Waals surface area (Å²) in [6, 6.07) is 20.5. The summed E-state index contributed by atoms with van der Waals surface area (Å²) < 4.78 is 115. The number of carbonyl (C=O) groups excluding carboxylic acids is 15. The third-order valence-corrected chi connectivity index (χ3v) is 26.4. The zero-order valence-electron chi connectivity index (χ0n) is 88.6. The number of anilines is 5. The minimum absolute atomic E-state index is 0.0244. The fourth-order valence-electron chi connectivity index (χ4n) is 16.8. The summed E-state index contributed by atoms with van der Waals surface area (Å²) in [4.78, 5) is 189. The first kappa shape index (κ1) is 119. The maximum absolute atomic E-state index is 13.5. The Kier molecular flexibility index (Phi) is 40.6. The average molecular weight is 2050 g/mol. The molecule has 1 saturated carbocycles. The van der Waals surface area contributed by atoms with Crippen LogP contribution in [0.4, 0.5) is 63.6 Å². The summed E-state index contributed by atoms with van der Waals surface area (Å²) in [5, 5.41) is 26.7. The predicted molar refractivity (Wildman–Crippen MR) is 548 cm³/mol. The van der Waals surface area contributed by atoms with Gasteiger partial charge in [0.1, 0.15) is 29.1 Å². The van der Waals surface area contributed by atoms with Crippen LogP contribution < -0.4 is 53.2 Å². The second-order valence-electron chi connectivity index (χ2n) is 38.3. The number of halogens is 8. The van der Waals surface area contributed by atoms with Crippen LogP contribution in [-0.4, -0.2) is 148 Å². The van der Waals surface area contributed by atoms with E-state index in [1.54, 1.807) is 157 Å². The number of benzene rings is 5. The number of alkyl halides is 3. The van der Waals surface area contributed by atoms with Gasteiger partial charge in [0.2, 0.25) is 0 Å². The Labute approximate surface area is 850 Å². The van der Waals surface area contributed by atoms with Crippen LogP contribution in [0.15, 0.2) is 91.0 Å². The van der Waals surface area contributed by atoms with E-state index >= 15 is 0 Å². The molecule has 10 amide bonds. The van der Waals surface area contributed by atoms with Crippen molar-refractivity contribution in [3.8, 4) is 0 Å². The van der Waals surface area contributed by atoms with Crippen molar-refractivity contribution >= 4 is 116 Å². The van der Waals surface area contributed by atoms with Gasteiger partial charge < -0.3 is 76.0 Å². The van der Waals surface area contributed by atoms with Crippen molar-refractivity contribution in [3.05, 3.63) is 260 Å². The number of ketones is 5. The molecule has 38 heteroatoms. The summed E-state index contributed by atoms with van der Waals surface area (Å²) in [7, 11) is 8.13. The lowest BCUT2D eigenvalue weighted by Gasteiger charge is -2.38. The van der Waals surface area contributed by atoms with Crippen LogP contribution in [0.5, 0.6) is 0 Å². The van der Waals surface area contributed by atoms with E-state index in [-0.39, 0.29) is 107 Å². The molecule has 30 nitrogen and oxygen atoms in total. The van der Waals surface area contributed by atoms with Crippen LogP contribution >= 0.6 is 0 Å². The minimum atomic E-state index is -4.32. The van der Waals surface area contributed by atoms with Crippen molar-refractivity contribution in [1.82, 2.24) is 49.4 Å². The van der Waals surface area contributed by atoms with Crippen molar-refractivity contribution in [2.24, 2.45) is 52.5 Å². The molecule has 0 bridgehead atoms. The molecular formula is C109H133F8N15O15. The van der Waals surface area contributed by atoms with Crippen LogP contribution in [0.3, 0.4) is 0 Å². The van der Waals surface area contributed by atoms with Gasteiger partial charge in [0.05, 0.1) is 61.7 Å². The number of hydrogen-bond acceptors (Lipinski definition) is 15. The van der Waals surface area contributed by atoms with Crippen molar-refractivity contribution < 1.29 is 107 Å². The zero-order valence-corrected chi connectivity index (χ0v) is 88.6. The Balaban J connectivity index is 0.000000250. The number of hydrogen-bond donors (Lipinski definition) is 10. The molecule has 0 unspecified atom stereocenters. The molecular weight excluding hydrogens is 1910 g/mol. The molecule has 5 aromatic carbocycles. The molecule has 147 heavy (non-hydrogen) atoms. The lowest BCUT2D eigenvalue weighted by atomic mass is 9.73. The van der Waals surface area contributed by atoms with Crippen LogP contribution in [0, 0.1) is 150 Å². The minimum Gasteiger partial charge on any atom is -0.349 e. The molecule has 0 saturated heterocycles. The number of aromatic nitrogens is 5. The first-order valence-electron chi connectivity index (χ1n) is 47.8. The highest BCUT2D eigenvalue weighted by Crippen LogP contribution is 2.49. The van der Waals surface area contributed by atoms with Gasteiger partial charge in [-0.1, -0.05) is 48.5 Å². The average Bonchev–Trinajstić information content (AvgIpc) is 1.60. The van der Waals surface area contributed by atoms with Gasteiger partial charge in [0, 0.05) is 123 Å². The SMILES string of the molecule is CC[C@@H](C)NC(=O)C(=O)c1c(C)c(C(=O)Nc2ccc(F)c(C)c2)c(C)n1C.CC[C@H](C)NC(=O)C(=O)c1c(C)c(C(=O)Nc2ccc(F)c(C)c2)c(C)n1C.Cc1cc(NC(=O)c2c(C)c(C(=O)C(=O)NC3CCC(C)(C(F)(F)F)CC3)n(C)c2C)ccc1F.Cc1cc(NC(=O)c2c(C)c(C(=O)C(=O)NCC(C)C)n(C)c2C)ccc1F.Cc1cc(NC(=O)c2c(C)c(C(=O)C(=O)NCC(C)C)n(C)c2C)ccc1F. The fourth-order valence-corrected chi connectivity index (χ4v) is 16.8. The number of rotatable bonds is 29. The largest absolute Gasteiger partial charge is 0.394 e. The molecule has 1 aliphatic carbocycles. The Morgan fingerprint density at radius 2 is 0.524 bits per heavy atom. The Morgan fingerprint density at radius 1 is 0.327 bits per heavy atom. The third-order valence-electron chi connectivity index (χ3n) is 26.4. The van der Waals surface area contributed by atoms with Gasteiger partial charge in [0.15, 0.2) is 0 Å². The molecule has 0 radical (unpaired) electrons. The zero-order chi connectivity index (χ0) is 111. The maximum atomic E-state index is 13.5. The molecule has 1 aliphatic rings. The van der Waals surface area contributed by atoms with Crippen LogP contribution in [0.1, 0.15) is 289 Å². The van der Waals surface area contributed by atoms with Gasteiger partial charge in [0.25, 0.3) is 88.0 Å². The molecule has 790 valence electrons. The van der Waals surface area contributed by atoms with E-state index in [4.69, 9.17) is 0 Å². The number of amides is 10. The van der Waals surface area contributed by atoms with Gasteiger partial charge in [-0.2, -0.15) is 13.2 Å². The number of nitrogens with zero attached hydrogens (tertiary/aromatic N) is 5. The van der Waals surface area contributed by atoms with E-state index in [9.17, 15) is 107 Å². The van der Waals surface area contributed by atoms with Crippen molar-refractivity contribution in [2.75, 3.05) is 39.7 Å². The fraction of sp³-hybridized carbons (Fsp3) is 0.404. The molecule has 10 aromatic rings. The maximum Gasteiger partial charge on any atom is 0.394 e. The summed E-state index contributed by atoms with van der Waals surface area (Å²) in [5.74, 6) is -10.9. The van der Waals surface area contributed by atoms with Crippen LogP contribution in [-0.2, 0) is 59.2 Å². The lowest BCUT2D eigenvalue weighted by Crippen LogP contribution is -2.46. The summed E-state index contributed by atoms with van der Waals surface area (Å²) in [6.07, 6.45) is -2.95. The Bertz CT molecular complexity index is 6510. The van der Waals surface area contributed by atoms with Gasteiger partial charge in [-0.3, -0.25) is 71.9 Å². The first-order valence-corrected chi connectivity index (χ1v) is 47.8. The molecule has 11 rings (SSSR count). The summed E-state index contributed by atoms with van der Waals surface area (Å²) in [5.41, 5.74) is 9.39. The molecule has 1 fully saturated rings. The Morgan fingerprint density at radius 3 is 0.707 bits per heavy atom. The summed E-state index contributed by atoms with van der Waals surface area (Å²) >= 11 is 0. The van der Waals surface area contributed by atoms with E-state index in [0.717, 1.165) is 0 Å². The molecule has 10 N–H and O–H groups in total. The van der Waals surface area contributed by atoms with E-state index in [2.05, 4.69) is 53.2 Å². The van der Waals surface area contributed by atoms with Gasteiger partial charge in [-0.15, -0.1) is 0 Å². The molecule has 0 aliphatic heterocycles. The predicted octanol–water partition coefficient (Wildman–Crippen LogP) is 18.6. The van der Waals surface area contributed by atoms with Gasteiger partial charge >= 0.3 is 6.18 Å². The number of Topliss-reactive ketones (excluding diaryl/α,β-unsaturated/α-hetero) is 5. The lowest BCUT2D eigenvalue weighted by molar-refractivity contribution is -0.228. The van der Waals surface area contributed by atoms with E-state index in [1.807, 2.05) is 55.4 Å². The number of nitrogens with one attached hydrogen (secondary N) is 10. The van der Waals surface area contributed by atoms with E-state index in [0.29, 0.717) is 161 Å². The third kappa shape index (κ3) is 28.4.